The topological polar surface area (TPSA) is 81.7 Å². The Labute approximate surface area is 139 Å². The van der Waals surface area contributed by atoms with Crippen LogP contribution in [0.5, 0.6) is 0 Å². The number of hydrogen-bond donors (Lipinski definition) is 0. The van der Waals surface area contributed by atoms with Crippen molar-refractivity contribution in [2.75, 3.05) is 6.54 Å². The molecule has 2 aromatic heterocycles. The van der Waals surface area contributed by atoms with Gasteiger partial charge in [-0.1, -0.05) is 12.1 Å². The summed E-state index contributed by atoms with van der Waals surface area (Å²) in [4.78, 5) is 14.6. The first-order chi connectivity index (χ1) is 11.7. The number of carbonyl (C=O) groups is 1. The van der Waals surface area contributed by atoms with Gasteiger partial charge in [0.05, 0.1) is 12.1 Å². The second kappa shape index (κ2) is 5.70. The van der Waals surface area contributed by atoms with Crippen LogP contribution in [0.3, 0.4) is 0 Å². The minimum absolute atomic E-state index is 0.00440. The largest absolute Gasteiger partial charge is 0.329 e. The molecule has 0 radical (unpaired) electrons. The summed E-state index contributed by atoms with van der Waals surface area (Å²) in [5.74, 6) is 1.83. The van der Waals surface area contributed by atoms with Crippen LogP contribution in [0.25, 0.3) is 11.0 Å². The molecule has 0 fully saturated rings. The Balaban J connectivity index is 1.60. The highest BCUT2D eigenvalue weighted by molar-refractivity contribution is 5.97. The number of rotatable bonds is 3. The quantitative estimate of drug-likeness (QED) is 0.724. The van der Waals surface area contributed by atoms with E-state index < -0.39 is 0 Å². The van der Waals surface area contributed by atoms with Gasteiger partial charge in [0.1, 0.15) is 11.3 Å². The van der Waals surface area contributed by atoms with Crippen LogP contribution in [0.4, 0.5) is 0 Å². The highest BCUT2D eigenvalue weighted by atomic mass is 16.2. The van der Waals surface area contributed by atoms with Gasteiger partial charge in [-0.15, -0.1) is 15.3 Å². The maximum Gasteiger partial charge on any atom is 0.254 e. The van der Waals surface area contributed by atoms with Gasteiger partial charge in [0, 0.05) is 31.6 Å². The predicted molar refractivity (Wildman–Crippen MR) is 87.3 cm³/mol. The monoisotopic (exact) mass is 325 g/mol. The molecule has 4 rings (SSSR count). The predicted octanol–water partition coefficient (Wildman–Crippen LogP) is 1.26. The lowest BCUT2D eigenvalue weighted by atomic mass is 10.1. The maximum absolute atomic E-state index is 12.8. The second-order valence-electron chi connectivity index (χ2n) is 5.87. The molecule has 1 aliphatic rings. The van der Waals surface area contributed by atoms with E-state index in [4.69, 9.17) is 0 Å². The van der Waals surface area contributed by atoms with Crippen LogP contribution < -0.4 is 0 Å². The fourth-order valence-electron chi connectivity index (χ4n) is 3.17. The molecule has 24 heavy (non-hydrogen) atoms. The SMILES string of the molecule is CCc1nnc2n1CCN(C(=O)c1ccc3c(c1)nnn3CC)C2. The number of fused-ring (bicyclic) bond motifs is 2. The fourth-order valence-corrected chi connectivity index (χ4v) is 3.17. The van der Waals surface area contributed by atoms with Crippen LogP contribution in [-0.2, 0) is 26.1 Å². The van der Waals surface area contributed by atoms with E-state index in [0.717, 1.165) is 42.2 Å². The zero-order chi connectivity index (χ0) is 16.7. The molecule has 0 aliphatic carbocycles. The molecule has 1 aromatic carbocycles. The highest BCUT2D eigenvalue weighted by Gasteiger charge is 2.25. The summed E-state index contributed by atoms with van der Waals surface area (Å²) in [5, 5.41) is 16.6. The fraction of sp³-hybridized carbons (Fsp3) is 0.438. The maximum atomic E-state index is 12.8. The second-order valence-corrected chi connectivity index (χ2v) is 5.87. The van der Waals surface area contributed by atoms with E-state index in [0.29, 0.717) is 18.7 Å². The molecule has 0 bridgehead atoms. The van der Waals surface area contributed by atoms with E-state index >= 15 is 0 Å². The zero-order valence-electron chi connectivity index (χ0n) is 13.8. The van der Waals surface area contributed by atoms with Crippen LogP contribution in [0.1, 0.15) is 35.9 Å². The number of aryl methyl sites for hydroxylation is 2. The summed E-state index contributed by atoms with van der Waals surface area (Å²) >= 11 is 0. The summed E-state index contributed by atoms with van der Waals surface area (Å²) in [5.41, 5.74) is 2.32. The first-order valence-corrected chi connectivity index (χ1v) is 8.24. The van der Waals surface area contributed by atoms with Crippen molar-refractivity contribution < 1.29 is 4.79 Å². The number of carbonyl (C=O) groups excluding carboxylic acids is 1. The molecule has 0 unspecified atom stereocenters. The molecule has 8 heteroatoms. The number of benzene rings is 1. The molecular formula is C16H19N7O. The molecule has 1 amide bonds. The van der Waals surface area contributed by atoms with Gasteiger partial charge in [-0.3, -0.25) is 4.79 Å². The van der Waals surface area contributed by atoms with E-state index in [9.17, 15) is 4.79 Å². The zero-order valence-corrected chi connectivity index (χ0v) is 13.8. The Morgan fingerprint density at radius 2 is 2.04 bits per heavy atom. The van der Waals surface area contributed by atoms with E-state index in [1.54, 1.807) is 0 Å². The number of nitrogens with zero attached hydrogens (tertiary/aromatic N) is 7. The molecule has 0 atom stereocenters. The molecule has 0 spiro atoms. The van der Waals surface area contributed by atoms with E-state index in [-0.39, 0.29) is 5.91 Å². The van der Waals surface area contributed by atoms with Gasteiger partial charge in [0.2, 0.25) is 0 Å². The van der Waals surface area contributed by atoms with E-state index in [2.05, 4.69) is 32.0 Å². The lowest BCUT2D eigenvalue weighted by Gasteiger charge is -2.27. The van der Waals surface area contributed by atoms with Crippen LogP contribution in [0.2, 0.25) is 0 Å². The Morgan fingerprint density at radius 3 is 2.83 bits per heavy atom. The number of amides is 1. The molecule has 8 nitrogen and oxygen atoms in total. The van der Waals surface area contributed by atoms with Crippen molar-refractivity contribution in [1.29, 1.82) is 0 Å². The Morgan fingerprint density at radius 1 is 1.17 bits per heavy atom. The van der Waals surface area contributed by atoms with Gasteiger partial charge in [-0.25, -0.2) is 4.68 Å². The summed E-state index contributed by atoms with van der Waals surface area (Å²) in [7, 11) is 0. The van der Waals surface area contributed by atoms with Crippen molar-refractivity contribution in [1.82, 2.24) is 34.7 Å². The number of aromatic nitrogens is 6. The Kier molecular flexibility index (Phi) is 3.51. The van der Waals surface area contributed by atoms with Crippen LogP contribution >= 0.6 is 0 Å². The van der Waals surface area contributed by atoms with Crippen molar-refractivity contribution >= 4 is 16.9 Å². The Hall–Kier alpha value is -2.77. The van der Waals surface area contributed by atoms with Crippen LogP contribution in [0.15, 0.2) is 18.2 Å². The van der Waals surface area contributed by atoms with Crippen LogP contribution in [0, 0.1) is 0 Å². The van der Waals surface area contributed by atoms with Gasteiger partial charge in [0.15, 0.2) is 5.82 Å². The summed E-state index contributed by atoms with van der Waals surface area (Å²) in [6.07, 6.45) is 0.852. The van der Waals surface area contributed by atoms with Crippen molar-refractivity contribution in [3.8, 4) is 0 Å². The minimum Gasteiger partial charge on any atom is -0.329 e. The molecule has 0 saturated heterocycles. The lowest BCUT2D eigenvalue weighted by molar-refractivity contribution is 0.0706. The summed E-state index contributed by atoms with van der Waals surface area (Å²) in [6, 6.07) is 5.57. The average Bonchev–Trinajstić information content (AvgIpc) is 3.23. The van der Waals surface area contributed by atoms with Gasteiger partial charge < -0.3 is 9.47 Å². The van der Waals surface area contributed by atoms with Gasteiger partial charge in [-0.05, 0) is 25.1 Å². The van der Waals surface area contributed by atoms with Crippen molar-refractivity contribution in [3.05, 3.63) is 35.4 Å². The lowest BCUT2D eigenvalue weighted by Crippen LogP contribution is -2.38. The van der Waals surface area contributed by atoms with Crippen LogP contribution in [-0.4, -0.2) is 47.1 Å². The average molecular weight is 325 g/mol. The highest BCUT2D eigenvalue weighted by Crippen LogP contribution is 2.18. The molecular weight excluding hydrogens is 306 g/mol. The normalized spacial score (nSPS) is 14.2. The first kappa shape index (κ1) is 14.8. The minimum atomic E-state index is -0.00440. The molecule has 0 saturated carbocycles. The number of hydrogen-bond acceptors (Lipinski definition) is 5. The van der Waals surface area contributed by atoms with Crippen molar-refractivity contribution in [3.63, 3.8) is 0 Å². The third kappa shape index (κ3) is 2.26. The molecule has 3 aromatic rings. The van der Waals surface area contributed by atoms with E-state index in [1.165, 1.54) is 0 Å². The Bertz CT molecular complexity index is 910. The van der Waals surface area contributed by atoms with Crippen molar-refractivity contribution in [2.24, 2.45) is 0 Å². The van der Waals surface area contributed by atoms with Gasteiger partial charge >= 0.3 is 0 Å². The third-order valence-electron chi connectivity index (χ3n) is 4.49. The summed E-state index contributed by atoms with van der Waals surface area (Å²) < 4.78 is 3.93. The molecule has 1 aliphatic heterocycles. The first-order valence-electron chi connectivity index (χ1n) is 8.24. The standard InChI is InChI=1S/C16H19N7O/c1-3-14-18-19-15-10-21(7-8-22(14)15)16(24)11-5-6-13-12(9-11)17-20-23(13)4-2/h5-6,9H,3-4,7-8,10H2,1-2H3. The molecule has 3 heterocycles. The molecule has 124 valence electrons. The summed E-state index contributed by atoms with van der Waals surface area (Å²) in [6.45, 7) is 6.73. The third-order valence-corrected chi connectivity index (χ3v) is 4.49. The smallest absolute Gasteiger partial charge is 0.254 e. The van der Waals surface area contributed by atoms with Gasteiger partial charge in [0.25, 0.3) is 5.91 Å². The van der Waals surface area contributed by atoms with Crippen molar-refractivity contribution in [2.45, 2.75) is 39.9 Å². The van der Waals surface area contributed by atoms with E-state index in [1.807, 2.05) is 34.7 Å². The van der Waals surface area contributed by atoms with Gasteiger partial charge in [-0.2, -0.15) is 0 Å². The molecule has 0 N–H and O–H groups in total.